The van der Waals surface area contributed by atoms with Crippen molar-refractivity contribution in [1.82, 2.24) is 0 Å². The molecule has 0 saturated heterocycles. The lowest BCUT2D eigenvalue weighted by Gasteiger charge is -2.20. The van der Waals surface area contributed by atoms with Crippen LogP contribution < -0.4 is 0 Å². The van der Waals surface area contributed by atoms with Gasteiger partial charge in [-0.3, -0.25) is 4.55 Å². The molecule has 0 heterocycles. The monoisotopic (exact) mass is 374 g/mol. The third-order valence-electron chi connectivity index (χ3n) is 4.72. The molecule has 0 fully saturated rings. The molecule has 1 aliphatic rings. The number of hydrogen-bond acceptors (Lipinski definition) is 2. The van der Waals surface area contributed by atoms with Gasteiger partial charge in [-0.25, -0.2) is 0 Å². The second kappa shape index (κ2) is 6.99. The number of benzene rings is 4. The maximum Gasteiger partial charge on any atom is 0.294 e. The minimum Gasteiger partial charge on any atom is -0.282 e. The van der Waals surface area contributed by atoms with Crippen molar-refractivity contribution in [3.8, 4) is 11.1 Å². The third-order valence-corrected chi connectivity index (χ3v) is 5.59. The van der Waals surface area contributed by atoms with E-state index < -0.39 is 10.1 Å². The first-order chi connectivity index (χ1) is 13.0. The van der Waals surface area contributed by atoms with Gasteiger partial charge in [-0.2, -0.15) is 8.42 Å². The Balaban J connectivity index is 0.000000155. The van der Waals surface area contributed by atoms with E-state index in [2.05, 4.69) is 60.7 Å². The molecule has 0 atom stereocenters. The lowest BCUT2D eigenvalue weighted by molar-refractivity contribution is 0.483. The molecule has 0 radical (unpaired) electrons. The van der Waals surface area contributed by atoms with Crippen molar-refractivity contribution >= 4 is 20.9 Å². The minimum atomic E-state index is -4.00. The maximum absolute atomic E-state index is 10.4. The number of rotatable bonds is 1. The molecule has 3 nitrogen and oxygen atoms in total. The van der Waals surface area contributed by atoms with Gasteiger partial charge in [0.05, 0.1) is 4.90 Å². The second-order valence-corrected chi connectivity index (χ2v) is 7.86. The van der Waals surface area contributed by atoms with Crippen molar-refractivity contribution in [3.63, 3.8) is 0 Å². The molecule has 1 aliphatic carbocycles. The highest BCUT2D eigenvalue weighted by atomic mass is 32.2. The van der Waals surface area contributed by atoms with Crippen LogP contribution >= 0.6 is 0 Å². The molecule has 0 aromatic heterocycles. The van der Waals surface area contributed by atoms with E-state index in [1.807, 2.05) is 0 Å². The second-order valence-electron chi connectivity index (χ2n) is 6.44. The predicted octanol–water partition coefficient (Wildman–Crippen LogP) is 5.34. The van der Waals surface area contributed by atoms with Crippen molar-refractivity contribution in [1.29, 1.82) is 0 Å². The van der Waals surface area contributed by atoms with E-state index in [1.165, 1.54) is 45.2 Å². The Hall–Kier alpha value is -2.95. The van der Waals surface area contributed by atoms with Gasteiger partial charge in [0, 0.05) is 0 Å². The molecule has 4 aromatic carbocycles. The van der Waals surface area contributed by atoms with E-state index in [9.17, 15) is 8.42 Å². The zero-order valence-corrected chi connectivity index (χ0v) is 15.4. The van der Waals surface area contributed by atoms with E-state index >= 15 is 0 Å². The van der Waals surface area contributed by atoms with E-state index in [0.717, 1.165) is 6.42 Å². The molecule has 4 heteroatoms. The normalized spacial score (nSPS) is 12.0. The SMILES string of the molecule is O=S(=O)(O)c1ccccc1.c1ccc2c(c1)Cc1cccc3cccc-2c13. The third kappa shape index (κ3) is 3.50. The lowest BCUT2D eigenvalue weighted by Crippen LogP contribution is -2.00. The molecule has 5 rings (SSSR count). The van der Waals surface area contributed by atoms with Crippen LogP contribution in [0.3, 0.4) is 0 Å². The summed E-state index contributed by atoms with van der Waals surface area (Å²) in [5.41, 5.74) is 5.69. The molecule has 134 valence electrons. The smallest absolute Gasteiger partial charge is 0.282 e. The first-order valence-corrected chi connectivity index (χ1v) is 10.1. The van der Waals surface area contributed by atoms with Crippen LogP contribution in [0.25, 0.3) is 21.9 Å². The fraction of sp³-hybridized carbons (Fsp3) is 0.0435. The highest BCUT2D eigenvalue weighted by Crippen LogP contribution is 2.38. The number of fused-ring (bicyclic) bond motifs is 2. The van der Waals surface area contributed by atoms with Gasteiger partial charge in [0.1, 0.15) is 0 Å². The van der Waals surface area contributed by atoms with Crippen LogP contribution in [0.5, 0.6) is 0 Å². The molecule has 1 N–H and O–H groups in total. The van der Waals surface area contributed by atoms with Gasteiger partial charge in [-0.1, -0.05) is 78.9 Å². The van der Waals surface area contributed by atoms with Gasteiger partial charge >= 0.3 is 0 Å². The van der Waals surface area contributed by atoms with E-state index in [-0.39, 0.29) is 4.90 Å². The minimum absolute atomic E-state index is 0.0741. The first-order valence-electron chi connectivity index (χ1n) is 8.65. The summed E-state index contributed by atoms with van der Waals surface area (Å²) in [7, 11) is -4.00. The lowest BCUT2D eigenvalue weighted by atomic mass is 9.84. The summed E-state index contributed by atoms with van der Waals surface area (Å²) in [4.78, 5) is -0.0741. The standard InChI is InChI=1S/C17H12.C6H6O3S/c1-2-9-15-13(5-1)11-14-8-3-6-12-7-4-10-16(15)17(12)14;7-10(8,9)6-4-2-1-3-5-6/h1-10H,11H2;1-5H,(H,7,8,9). The van der Waals surface area contributed by atoms with Crippen molar-refractivity contribution in [2.75, 3.05) is 0 Å². The highest BCUT2D eigenvalue weighted by Gasteiger charge is 2.16. The molecule has 27 heavy (non-hydrogen) atoms. The van der Waals surface area contributed by atoms with Crippen LogP contribution in [-0.4, -0.2) is 13.0 Å². The van der Waals surface area contributed by atoms with Crippen molar-refractivity contribution < 1.29 is 13.0 Å². The van der Waals surface area contributed by atoms with Gasteiger partial charge < -0.3 is 0 Å². The Kier molecular flexibility index (Phi) is 4.52. The van der Waals surface area contributed by atoms with Crippen LogP contribution in [0.2, 0.25) is 0 Å². The predicted molar refractivity (Wildman–Crippen MR) is 108 cm³/mol. The highest BCUT2D eigenvalue weighted by molar-refractivity contribution is 7.85. The molecule has 0 aliphatic heterocycles. The van der Waals surface area contributed by atoms with E-state index in [1.54, 1.807) is 18.2 Å². The van der Waals surface area contributed by atoms with E-state index in [4.69, 9.17) is 4.55 Å². The summed E-state index contributed by atoms with van der Waals surface area (Å²) >= 11 is 0. The Morgan fingerprint density at radius 1 is 0.630 bits per heavy atom. The summed E-state index contributed by atoms with van der Waals surface area (Å²) in [5, 5.41) is 2.79. The Bertz CT molecular complexity index is 1210. The summed E-state index contributed by atoms with van der Waals surface area (Å²) in [6, 6.07) is 29.4. The van der Waals surface area contributed by atoms with Crippen LogP contribution in [-0.2, 0) is 16.5 Å². The van der Waals surface area contributed by atoms with Crippen LogP contribution in [0.4, 0.5) is 0 Å². The first kappa shape index (κ1) is 17.5. The van der Waals surface area contributed by atoms with Gasteiger partial charge in [0.15, 0.2) is 0 Å². The van der Waals surface area contributed by atoms with Gasteiger partial charge in [-0.15, -0.1) is 0 Å². The Morgan fingerprint density at radius 2 is 1.22 bits per heavy atom. The van der Waals surface area contributed by atoms with Crippen molar-refractivity contribution in [2.45, 2.75) is 11.3 Å². The molecule has 0 saturated carbocycles. The summed E-state index contributed by atoms with van der Waals surface area (Å²) in [6.07, 6.45) is 1.06. The molecular formula is C23H18O3S. The van der Waals surface area contributed by atoms with Crippen LogP contribution in [0.1, 0.15) is 11.1 Å². The quantitative estimate of drug-likeness (QED) is 0.403. The molecule has 0 unspecified atom stereocenters. The van der Waals surface area contributed by atoms with Gasteiger partial charge in [0.2, 0.25) is 0 Å². The molecule has 0 amide bonds. The fourth-order valence-corrected chi connectivity index (χ4v) is 4.03. The molecule has 0 bridgehead atoms. The van der Waals surface area contributed by atoms with Crippen molar-refractivity contribution in [2.24, 2.45) is 0 Å². The van der Waals surface area contributed by atoms with E-state index in [0.29, 0.717) is 0 Å². The molecule has 0 spiro atoms. The Morgan fingerprint density at radius 3 is 1.93 bits per heavy atom. The Labute approximate surface area is 158 Å². The summed E-state index contributed by atoms with van der Waals surface area (Å²) < 4.78 is 29.2. The topological polar surface area (TPSA) is 54.4 Å². The average Bonchev–Trinajstić information content (AvgIpc) is 2.69. The molecule has 4 aromatic rings. The largest absolute Gasteiger partial charge is 0.294 e. The van der Waals surface area contributed by atoms with Crippen molar-refractivity contribution in [3.05, 3.63) is 102 Å². The zero-order chi connectivity index (χ0) is 18.9. The molecular weight excluding hydrogens is 356 g/mol. The van der Waals surface area contributed by atoms with Gasteiger partial charge in [0.25, 0.3) is 10.1 Å². The fourth-order valence-electron chi connectivity index (χ4n) is 3.53. The van der Waals surface area contributed by atoms with Crippen LogP contribution in [0.15, 0.2) is 95.9 Å². The number of hydrogen-bond donors (Lipinski definition) is 1. The summed E-state index contributed by atoms with van der Waals surface area (Å²) in [5.74, 6) is 0. The van der Waals surface area contributed by atoms with Gasteiger partial charge in [-0.05, 0) is 51.6 Å². The van der Waals surface area contributed by atoms with Crippen LogP contribution in [0, 0.1) is 0 Å². The maximum atomic E-state index is 10.4. The summed E-state index contributed by atoms with van der Waals surface area (Å²) in [6.45, 7) is 0. The average molecular weight is 374 g/mol. The zero-order valence-electron chi connectivity index (χ0n) is 14.5.